The van der Waals surface area contributed by atoms with E-state index < -0.39 is 74.3 Å². The van der Waals surface area contributed by atoms with Gasteiger partial charge in [0.1, 0.15) is 35.1 Å². The van der Waals surface area contributed by atoms with Gasteiger partial charge in [0.25, 0.3) is 5.91 Å². The Balaban J connectivity index is 1.36. The molecule has 6 rings (SSSR count). The number of rotatable bonds is 8. The lowest BCUT2D eigenvalue weighted by Gasteiger charge is -2.34. The number of sulfonamides is 1. The molecular weight excluding hydrogens is 715 g/mol. The van der Waals surface area contributed by atoms with Crippen LogP contribution in [-0.2, 0) is 29.1 Å². The van der Waals surface area contributed by atoms with Crippen molar-refractivity contribution in [2.45, 2.75) is 121 Å². The second-order valence-corrected chi connectivity index (χ2v) is 18.2. The van der Waals surface area contributed by atoms with E-state index in [1.807, 2.05) is 43.3 Å². The van der Waals surface area contributed by atoms with Crippen LogP contribution in [0.2, 0.25) is 0 Å². The van der Waals surface area contributed by atoms with E-state index in [4.69, 9.17) is 14.2 Å². The molecule has 1 aromatic carbocycles. The molecule has 14 nitrogen and oxygen atoms in total. The highest BCUT2D eigenvalue weighted by Crippen LogP contribution is 2.46. The minimum Gasteiger partial charge on any atom is -0.496 e. The van der Waals surface area contributed by atoms with Gasteiger partial charge in [0.2, 0.25) is 27.7 Å². The third-order valence-corrected chi connectivity index (χ3v) is 12.7. The predicted molar refractivity (Wildman–Crippen MR) is 201 cm³/mol. The zero-order valence-electron chi connectivity index (χ0n) is 31.9. The van der Waals surface area contributed by atoms with Crippen LogP contribution in [0.15, 0.2) is 42.6 Å². The van der Waals surface area contributed by atoms with Crippen LogP contribution < -0.4 is 24.8 Å². The number of alkyl carbamates (subject to hydrolysis) is 1. The molecule has 3 fully saturated rings. The summed E-state index contributed by atoms with van der Waals surface area (Å²) in [5.74, 6) is -1.53. The fourth-order valence-electron chi connectivity index (χ4n) is 7.73. The van der Waals surface area contributed by atoms with E-state index >= 15 is 0 Å². The molecule has 2 aromatic rings. The number of aromatic nitrogens is 1. The number of carbonyl (C=O) groups is 4. The summed E-state index contributed by atoms with van der Waals surface area (Å²) in [6, 6.07) is 5.15. The number of carbonyl (C=O) groups excluding carboxylic acids is 4. The summed E-state index contributed by atoms with van der Waals surface area (Å²) in [5.41, 5.74) is -2.33. The van der Waals surface area contributed by atoms with Crippen LogP contribution in [0.25, 0.3) is 10.8 Å². The Bertz CT molecular complexity index is 1910. The second kappa shape index (κ2) is 15.4. The first kappa shape index (κ1) is 39.3. The van der Waals surface area contributed by atoms with Crippen molar-refractivity contribution >= 4 is 44.6 Å². The summed E-state index contributed by atoms with van der Waals surface area (Å²) in [5, 5.41) is 6.58. The monoisotopic (exact) mass is 767 g/mol. The van der Waals surface area contributed by atoms with Crippen LogP contribution >= 0.6 is 0 Å². The van der Waals surface area contributed by atoms with Gasteiger partial charge in [0.05, 0.1) is 18.9 Å². The molecule has 294 valence electrons. The molecule has 1 aromatic heterocycles. The lowest BCUT2D eigenvalue weighted by Crippen LogP contribution is -2.59. The van der Waals surface area contributed by atoms with Crippen molar-refractivity contribution in [1.82, 2.24) is 25.2 Å². The summed E-state index contributed by atoms with van der Waals surface area (Å²) in [7, 11) is -2.33. The molecule has 4 aliphatic rings. The predicted octanol–water partition coefficient (Wildman–Crippen LogP) is 4.37. The Kier molecular flexibility index (Phi) is 11.2. The molecule has 0 radical (unpaired) electrons. The van der Waals surface area contributed by atoms with Gasteiger partial charge in [0, 0.05) is 29.3 Å². The largest absolute Gasteiger partial charge is 0.496 e. The third kappa shape index (κ3) is 8.61. The van der Waals surface area contributed by atoms with Gasteiger partial charge in [-0.05, 0) is 89.3 Å². The highest BCUT2D eigenvalue weighted by molar-refractivity contribution is 7.91. The quantitative estimate of drug-likeness (QED) is 0.327. The highest BCUT2D eigenvalue weighted by Gasteiger charge is 2.62. The molecule has 2 aliphatic carbocycles. The number of hydrogen-bond donors (Lipinski definition) is 3. The molecule has 54 heavy (non-hydrogen) atoms. The topological polar surface area (TPSA) is 182 Å². The zero-order valence-corrected chi connectivity index (χ0v) is 32.7. The average molecular weight is 768 g/mol. The number of pyridine rings is 1. The van der Waals surface area contributed by atoms with Crippen LogP contribution in [0.1, 0.15) is 86.0 Å². The Labute approximate surface area is 317 Å². The summed E-state index contributed by atoms with van der Waals surface area (Å²) in [6.45, 7) is 9.27. The Morgan fingerprint density at radius 2 is 1.85 bits per heavy atom. The lowest BCUT2D eigenvalue weighted by atomic mass is 9.85. The van der Waals surface area contributed by atoms with E-state index in [9.17, 15) is 27.6 Å². The van der Waals surface area contributed by atoms with Crippen molar-refractivity contribution < 1.29 is 41.8 Å². The van der Waals surface area contributed by atoms with E-state index in [1.165, 1.54) is 4.90 Å². The van der Waals surface area contributed by atoms with E-state index in [-0.39, 0.29) is 31.2 Å². The number of allylic oxidation sites excluding steroid dienone is 1. The van der Waals surface area contributed by atoms with Crippen molar-refractivity contribution in [2.24, 2.45) is 17.8 Å². The Morgan fingerprint density at radius 3 is 2.54 bits per heavy atom. The van der Waals surface area contributed by atoms with Gasteiger partial charge in [0.15, 0.2) is 0 Å². The summed E-state index contributed by atoms with van der Waals surface area (Å²) >= 11 is 0. The summed E-state index contributed by atoms with van der Waals surface area (Å²) in [6.07, 6.45) is 7.84. The number of nitrogens with zero attached hydrogens (tertiary/aromatic N) is 2. The molecule has 7 atom stereocenters. The van der Waals surface area contributed by atoms with Crippen molar-refractivity contribution in [3.63, 3.8) is 0 Å². The zero-order chi connectivity index (χ0) is 39.0. The maximum atomic E-state index is 14.9. The Morgan fingerprint density at radius 1 is 1.09 bits per heavy atom. The molecular formula is C39H53N5O9S. The normalized spacial score (nSPS) is 29.8. The van der Waals surface area contributed by atoms with Crippen LogP contribution in [0.5, 0.6) is 11.6 Å². The maximum absolute atomic E-state index is 14.9. The van der Waals surface area contributed by atoms with Gasteiger partial charge in [-0.1, -0.05) is 38.5 Å². The van der Waals surface area contributed by atoms with Gasteiger partial charge in [-0.15, -0.1) is 0 Å². The number of methoxy groups -OCH3 is 1. The molecule has 3 heterocycles. The van der Waals surface area contributed by atoms with E-state index in [0.717, 1.165) is 11.8 Å². The third-order valence-electron chi connectivity index (χ3n) is 10.9. The smallest absolute Gasteiger partial charge is 0.408 e. The Hall–Kier alpha value is -4.40. The van der Waals surface area contributed by atoms with Crippen LogP contribution in [0.4, 0.5) is 4.79 Å². The molecule has 0 spiro atoms. The SMILES string of the molecule is CC[C@@H]1C[C@H](C)CC/C=C\[C@@H]2C[C@@]2(C(=O)NS(=O)(=O)C2CC2)NC(=O)[C@@H]2C[C@@H](Oc3nccc4c(OC)cccc34)CN2C(=O)[C@H]1NC(=O)OC(C)(C)C. The average Bonchev–Trinajstić information content (AvgIpc) is 4.04. The highest BCUT2D eigenvalue weighted by atomic mass is 32.2. The second-order valence-electron chi connectivity index (χ2n) is 16.2. The molecule has 2 aliphatic heterocycles. The molecule has 15 heteroatoms. The first-order chi connectivity index (χ1) is 25.5. The molecule has 0 bridgehead atoms. The van der Waals surface area contributed by atoms with Gasteiger partial charge < -0.3 is 29.7 Å². The molecule has 4 amide bonds. The number of nitrogens with one attached hydrogen (secondary N) is 3. The minimum absolute atomic E-state index is 0.0178. The molecule has 1 saturated heterocycles. The van der Waals surface area contributed by atoms with Crippen LogP contribution in [-0.4, -0.2) is 90.3 Å². The van der Waals surface area contributed by atoms with Crippen LogP contribution in [0.3, 0.4) is 0 Å². The number of hydrogen-bond acceptors (Lipinski definition) is 10. The fourth-order valence-corrected chi connectivity index (χ4v) is 9.10. The molecule has 0 unspecified atom stereocenters. The van der Waals surface area contributed by atoms with Crippen molar-refractivity contribution in [3.05, 3.63) is 42.6 Å². The van der Waals surface area contributed by atoms with Crippen molar-refractivity contribution in [2.75, 3.05) is 13.7 Å². The standard InChI is InChI=1S/C39H53N5O9S/c1-7-24-19-23(2)11-8-9-12-25-21-39(25,36(47)43-54(49,50)27-15-16-27)42-33(45)30-20-26(22-44(30)35(46)32(24)41-37(48)53-38(3,4)5)52-34-29-13-10-14-31(51-6)28(29)17-18-40-34/h9-10,12-14,17-18,23-27,30,32H,7-8,11,15-16,19-22H2,1-6H3,(H,41,48)(H,42,45)(H,43,47)/b12-9-/t23-,24-,25-,26-,30+,32+,39-/m1/s1. The number of ether oxygens (including phenoxy) is 3. The maximum Gasteiger partial charge on any atom is 0.408 e. The van der Waals surface area contributed by atoms with E-state index in [1.54, 1.807) is 34.1 Å². The van der Waals surface area contributed by atoms with Gasteiger partial charge >= 0.3 is 6.09 Å². The van der Waals surface area contributed by atoms with Gasteiger partial charge in [-0.2, -0.15) is 0 Å². The van der Waals surface area contributed by atoms with Gasteiger partial charge in [-0.25, -0.2) is 18.2 Å². The minimum atomic E-state index is -3.90. The van der Waals surface area contributed by atoms with E-state index in [0.29, 0.717) is 49.1 Å². The van der Waals surface area contributed by atoms with E-state index in [2.05, 4.69) is 27.3 Å². The number of amides is 4. The number of benzene rings is 1. The first-order valence-corrected chi connectivity index (χ1v) is 20.5. The number of fused-ring (bicyclic) bond motifs is 3. The van der Waals surface area contributed by atoms with Crippen LogP contribution in [0, 0.1) is 17.8 Å². The first-order valence-electron chi connectivity index (χ1n) is 19.0. The molecule has 2 saturated carbocycles. The van der Waals surface area contributed by atoms with Crippen molar-refractivity contribution in [3.8, 4) is 11.6 Å². The molecule has 3 N–H and O–H groups in total. The fraction of sp³-hybridized carbons (Fsp3) is 0.615. The summed E-state index contributed by atoms with van der Waals surface area (Å²) in [4.78, 5) is 62.3. The van der Waals surface area contributed by atoms with Crippen molar-refractivity contribution in [1.29, 1.82) is 0 Å². The summed E-state index contributed by atoms with van der Waals surface area (Å²) < 4.78 is 45.6. The van der Waals surface area contributed by atoms with Gasteiger partial charge in [-0.3, -0.25) is 19.1 Å². The lowest BCUT2D eigenvalue weighted by molar-refractivity contribution is -0.142.